The molecule has 0 amide bonds. The van der Waals surface area contributed by atoms with Gasteiger partial charge in [-0.1, -0.05) is 0 Å². The van der Waals surface area contributed by atoms with Crippen LogP contribution in [0.1, 0.15) is 24.5 Å². The molecule has 13 heavy (non-hydrogen) atoms. The van der Waals surface area contributed by atoms with E-state index in [9.17, 15) is 5.11 Å². The van der Waals surface area contributed by atoms with Crippen LogP contribution in [0.3, 0.4) is 0 Å². The normalized spacial score (nSPS) is 25.8. The van der Waals surface area contributed by atoms with Gasteiger partial charge in [0.05, 0.1) is 12.3 Å². The lowest BCUT2D eigenvalue weighted by Crippen LogP contribution is -2.33. The average molecular weight is 181 g/mol. The van der Waals surface area contributed by atoms with Gasteiger partial charge in [0.2, 0.25) is 0 Å². The summed E-state index contributed by atoms with van der Waals surface area (Å²) in [5, 5.41) is 19.8. The number of nitrogens with one attached hydrogen (secondary N) is 2. The molecule has 1 saturated heterocycles. The number of aliphatic hydroxyl groups excluding tert-OH is 1. The van der Waals surface area contributed by atoms with Gasteiger partial charge in [0, 0.05) is 24.2 Å². The van der Waals surface area contributed by atoms with Crippen LogP contribution in [-0.2, 0) is 0 Å². The van der Waals surface area contributed by atoms with Crippen LogP contribution in [0.5, 0.6) is 0 Å². The van der Waals surface area contributed by atoms with E-state index in [0.29, 0.717) is 5.92 Å². The summed E-state index contributed by atoms with van der Waals surface area (Å²) in [6.07, 6.45) is 5.34. The molecule has 2 unspecified atom stereocenters. The molecule has 72 valence electrons. The quantitative estimate of drug-likeness (QED) is 0.620. The lowest BCUT2D eigenvalue weighted by Gasteiger charge is -2.26. The van der Waals surface area contributed by atoms with Gasteiger partial charge in [-0.25, -0.2) is 0 Å². The molecular formula is C9H15N3O. The Balaban J connectivity index is 1.99. The fourth-order valence-corrected chi connectivity index (χ4v) is 1.84. The molecule has 2 atom stereocenters. The molecule has 1 aromatic rings. The molecule has 0 radical (unpaired) electrons. The van der Waals surface area contributed by atoms with Crippen molar-refractivity contribution in [3.05, 3.63) is 18.0 Å². The first-order chi connectivity index (χ1) is 6.38. The van der Waals surface area contributed by atoms with Gasteiger partial charge in [-0.3, -0.25) is 5.10 Å². The summed E-state index contributed by atoms with van der Waals surface area (Å²) in [7, 11) is 0. The molecule has 4 heteroatoms. The first-order valence-electron chi connectivity index (χ1n) is 4.75. The second-order valence-corrected chi connectivity index (χ2v) is 3.58. The summed E-state index contributed by atoms with van der Waals surface area (Å²) in [6.45, 7) is 1.99. The molecule has 2 heterocycles. The Labute approximate surface area is 77.4 Å². The Morgan fingerprint density at radius 2 is 2.54 bits per heavy atom. The highest BCUT2D eigenvalue weighted by Gasteiger charge is 2.23. The van der Waals surface area contributed by atoms with Crippen LogP contribution in [-0.4, -0.2) is 28.4 Å². The van der Waals surface area contributed by atoms with E-state index in [-0.39, 0.29) is 6.10 Å². The van der Waals surface area contributed by atoms with Crippen molar-refractivity contribution in [2.24, 2.45) is 5.92 Å². The number of rotatable bonds is 2. The fraction of sp³-hybridized carbons (Fsp3) is 0.667. The van der Waals surface area contributed by atoms with Gasteiger partial charge in [0.15, 0.2) is 0 Å². The van der Waals surface area contributed by atoms with Gasteiger partial charge in [0.1, 0.15) is 0 Å². The summed E-state index contributed by atoms with van der Waals surface area (Å²) >= 11 is 0. The molecule has 4 nitrogen and oxygen atoms in total. The molecule has 1 aliphatic rings. The molecule has 2 rings (SSSR count). The van der Waals surface area contributed by atoms with E-state index in [4.69, 9.17) is 0 Å². The number of hydrogen-bond acceptors (Lipinski definition) is 3. The summed E-state index contributed by atoms with van der Waals surface area (Å²) in [5.74, 6) is 0.339. The lowest BCUT2D eigenvalue weighted by molar-refractivity contribution is 0.0922. The maximum absolute atomic E-state index is 9.93. The van der Waals surface area contributed by atoms with Crippen molar-refractivity contribution in [2.75, 3.05) is 13.1 Å². The number of aliphatic hydroxyl groups is 1. The average Bonchev–Trinajstić information content (AvgIpc) is 2.71. The van der Waals surface area contributed by atoms with E-state index >= 15 is 0 Å². The zero-order chi connectivity index (χ0) is 9.10. The third-order valence-corrected chi connectivity index (χ3v) is 2.64. The third-order valence-electron chi connectivity index (χ3n) is 2.64. The Morgan fingerprint density at radius 1 is 1.62 bits per heavy atom. The van der Waals surface area contributed by atoms with Gasteiger partial charge in [-0.15, -0.1) is 0 Å². The second kappa shape index (κ2) is 3.89. The van der Waals surface area contributed by atoms with E-state index in [1.807, 2.05) is 0 Å². The van der Waals surface area contributed by atoms with Crippen LogP contribution in [0.2, 0.25) is 0 Å². The van der Waals surface area contributed by atoms with Crippen molar-refractivity contribution >= 4 is 0 Å². The van der Waals surface area contributed by atoms with E-state index in [0.717, 1.165) is 31.5 Å². The molecule has 1 aliphatic heterocycles. The third kappa shape index (κ3) is 1.89. The number of H-pyrrole nitrogens is 1. The number of piperidine rings is 1. The zero-order valence-electron chi connectivity index (χ0n) is 7.53. The minimum absolute atomic E-state index is 0.339. The fourth-order valence-electron chi connectivity index (χ4n) is 1.84. The van der Waals surface area contributed by atoms with Gasteiger partial charge >= 0.3 is 0 Å². The smallest absolute Gasteiger partial charge is 0.0860 e. The standard InChI is InChI=1S/C9H15N3O/c13-9(8-5-11-12-6-8)7-2-1-3-10-4-7/h5-7,9-10,13H,1-4H2,(H,11,12). The Bertz CT molecular complexity index is 241. The van der Waals surface area contributed by atoms with Crippen molar-refractivity contribution in [3.8, 4) is 0 Å². The Morgan fingerprint density at radius 3 is 3.15 bits per heavy atom. The van der Waals surface area contributed by atoms with Crippen LogP contribution >= 0.6 is 0 Å². The predicted molar refractivity (Wildman–Crippen MR) is 49.1 cm³/mol. The molecule has 0 bridgehead atoms. The van der Waals surface area contributed by atoms with Gasteiger partial charge in [-0.2, -0.15) is 5.10 Å². The molecular weight excluding hydrogens is 166 g/mol. The van der Waals surface area contributed by atoms with Crippen molar-refractivity contribution in [1.29, 1.82) is 0 Å². The monoisotopic (exact) mass is 181 g/mol. The van der Waals surface area contributed by atoms with Gasteiger partial charge < -0.3 is 10.4 Å². The lowest BCUT2D eigenvalue weighted by atomic mass is 9.91. The summed E-state index contributed by atoms with van der Waals surface area (Å²) in [6, 6.07) is 0. The Hall–Kier alpha value is -0.870. The molecule has 3 N–H and O–H groups in total. The van der Waals surface area contributed by atoms with Gasteiger partial charge in [-0.05, 0) is 19.4 Å². The molecule has 1 aromatic heterocycles. The van der Waals surface area contributed by atoms with Crippen LogP contribution in [0, 0.1) is 5.92 Å². The molecule has 0 aliphatic carbocycles. The minimum Gasteiger partial charge on any atom is -0.388 e. The summed E-state index contributed by atoms with van der Waals surface area (Å²) in [4.78, 5) is 0. The highest BCUT2D eigenvalue weighted by molar-refractivity contribution is 5.08. The van der Waals surface area contributed by atoms with Crippen molar-refractivity contribution in [3.63, 3.8) is 0 Å². The number of aromatic nitrogens is 2. The van der Waals surface area contributed by atoms with E-state index in [1.54, 1.807) is 12.4 Å². The van der Waals surface area contributed by atoms with E-state index in [2.05, 4.69) is 15.5 Å². The van der Waals surface area contributed by atoms with Crippen molar-refractivity contribution in [1.82, 2.24) is 15.5 Å². The van der Waals surface area contributed by atoms with Crippen LogP contribution in [0.15, 0.2) is 12.4 Å². The first-order valence-corrected chi connectivity index (χ1v) is 4.75. The van der Waals surface area contributed by atoms with E-state index in [1.165, 1.54) is 0 Å². The largest absolute Gasteiger partial charge is 0.388 e. The SMILES string of the molecule is OC(c1cn[nH]c1)C1CCCNC1. The first kappa shape index (κ1) is 8.72. The second-order valence-electron chi connectivity index (χ2n) is 3.58. The maximum Gasteiger partial charge on any atom is 0.0860 e. The van der Waals surface area contributed by atoms with Crippen LogP contribution < -0.4 is 5.32 Å². The zero-order valence-corrected chi connectivity index (χ0v) is 7.53. The molecule has 0 aromatic carbocycles. The summed E-state index contributed by atoms with van der Waals surface area (Å²) < 4.78 is 0. The highest BCUT2D eigenvalue weighted by Crippen LogP contribution is 2.25. The molecule has 0 saturated carbocycles. The number of nitrogens with zero attached hydrogens (tertiary/aromatic N) is 1. The van der Waals surface area contributed by atoms with E-state index < -0.39 is 0 Å². The van der Waals surface area contributed by atoms with Crippen molar-refractivity contribution in [2.45, 2.75) is 18.9 Å². The van der Waals surface area contributed by atoms with Gasteiger partial charge in [0.25, 0.3) is 0 Å². The molecule has 1 fully saturated rings. The number of aromatic amines is 1. The minimum atomic E-state index is -0.369. The van der Waals surface area contributed by atoms with Crippen molar-refractivity contribution < 1.29 is 5.11 Å². The topological polar surface area (TPSA) is 60.9 Å². The predicted octanol–water partition coefficient (Wildman–Crippen LogP) is 0.443. The Kier molecular flexibility index (Phi) is 2.61. The van der Waals surface area contributed by atoms with Crippen LogP contribution in [0.4, 0.5) is 0 Å². The van der Waals surface area contributed by atoms with Crippen LogP contribution in [0.25, 0.3) is 0 Å². The molecule has 0 spiro atoms. The maximum atomic E-state index is 9.93. The highest BCUT2D eigenvalue weighted by atomic mass is 16.3. The summed E-state index contributed by atoms with van der Waals surface area (Å²) in [5.41, 5.74) is 0.897. The number of hydrogen-bond donors (Lipinski definition) is 3.